The molecule has 0 aromatic carbocycles. The Kier molecular flexibility index (Phi) is 6.32. The standard InChI is InChI=1S/C17H36N2/c1-8-9-14(4)11-19-12-16(17(5,6)7)18-10-15(19)13(2)3/h13-16,18H,8-12H2,1-7H3. The van der Waals surface area contributed by atoms with Crippen molar-refractivity contribution in [3.63, 3.8) is 0 Å². The maximum absolute atomic E-state index is 3.78. The highest BCUT2D eigenvalue weighted by Gasteiger charge is 2.35. The monoisotopic (exact) mass is 268 g/mol. The molecule has 1 N–H and O–H groups in total. The lowest BCUT2D eigenvalue weighted by Crippen LogP contribution is -2.62. The highest BCUT2D eigenvalue weighted by atomic mass is 15.2. The molecule has 0 aliphatic carbocycles. The van der Waals surface area contributed by atoms with Crippen LogP contribution in [0.1, 0.15) is 61.3 Å². The number of piperazine rings is 1. The van der Waals surface area contributed by atoms with Crippen molar-refractivity contribution in [2.45, 2.75) is 73.4 Å². The molecule has 1 fully saturated rings. The molecule has 1 rings (SSSR count). The van der Waals surface area contributed by atoms with Crippen LogP contribution in [0, 0.1) is 17.3 Å². The lowest BCUT2D eigenvalue weighted by molar-refractivity contribution is 0.0515. The summed E-state index contributed by atoms with van der Waals surface area (Å²) in [4.78, 5) is 2.76. The summed E-state index contributed by atoms with van der Waals surface area (Å²) in [6.07, 6.45) is 2.66. The van der Waals surface area contributed by atoms with Gasteiger partial charge in [0.05, 0.1) is 0 Å². The largest absolute Gasteiger partial charge is 0.311 e. The molecule has 1 saturated heterocycles. The quantitative estimate of drug-likeness (QED) is 0.816. The zero-order chi connectivity index (χ0) is 14.6. The zero-order valence-corrected chi connectivity index (χ0v) is 14.3. The van der Waals surface area contributed by atoms with E-state index < -0.39 is 0 Å². The predicted octanol–water partition coefficient (Wildman–Crippen LogP) is 3.77. The first kappa shape index (κ1) is 17.0. The van der Waals surface area contributed by atoms with Gasteiger partial charge in [-0.3, -0.25) is 4.90 Å². The molecular weight excluding hydrogens is 232 g/mol. The second-order valence-corrected chi connectivity index (χ2v) is 7.99. The molecule has 114 valence electrons. The highest BCUT2D eigenvalue weighted by molar-refractivity contribution is 4.93. The van der Waals surface area contributed by atoms with Gasteiger partial charge in [0.1, 0.15) is 0 Å². The fourth-order valence-electron chi connectivity index (χ4n) is 3.26. The molecule has 1 aliphatic heterocycles. The Labute approximate surface area is 121 Å². The Hall–Kier alpha value is -0.0800. The maximum Gasteiger partial charge on any atom is 0.0244 e. The SMILES string of the molecule is CCCC(C)CN1CC(C(C)(C)C)NCC1C(C)C. The van der Waals surface area contributed by atoms with E-state index in [1.807, 2.05) is 0 Å². The third kappa shape index (κ3) is 5.07. The number of hydrogen-bond acceptors (Lipinski definition) is 2. The first-order chi connectivity index (χ1) is 8.75. The molecule has 0 saturated carbocycles. The Morgan fingerprint density at radius 3 is 2.32 bits per heavy atom. The molecule has 0 amide bonds. The van der Waals surface area contributed by atoms with Crippen LogP contribution in [0.15, 0.2) is 0 Å². The van der Waals surface area contributed by atoms with E-state index in [1.165, 1.54) is 25.9 Å². The van der Waals surface area contributed by atoms with E-state index >= 15 is 0 Å². The van der Waals surface area contributed by atoms with Crippen molar-refractivity contribution in [1.82, 2.24) is 10.2 Å². The summed E-state index contributed by atoms with van der Waals surface area (Å²) in [7, 11) is 0. The van der Waals surface area contributed by atoms with Crippen molar-refractivity contribution in [1.29, 1.82) is 0 Å². The molecule has 0 spiro atoms. The van der Waals surface area contributed by atoms with Crippen LogP contribution in [-0.2, 0) is 0 Å². The number of rotatable bonds is 5. The van der Waals surface area contributed by atoms with Gasteiger partial charge in [0, 0.05) is 31.7 Å². The van der Waals surface area contributed by atoms with Crippen LogP contribution < -0.4 is 5.32 Å². The van der Waals surface area contributed by atoms with Gasteiger partial charge in [-0.15, -0.1) is 0 Å². The van der Waals surface area contributed by atoms with Gasteiger partial charge in [-0.05, 0) is 23.7 Å². The van der Waals surface area contributed by atoms with Gasteiger partial charge in [0.15, 0.2) is 0 Å². The van der Waals surface area contributed by atoms with Gasteiger partial charge < -0.3 is 5.32 Å². The van der Waals surface area contributed by atoms with Gasteiger partial charge in [-0.25, -0.2) is 0 Å². The molecule has 1 heterocycles. The van der Waals surface area contributed by atoms with Crippen LogP contribution in [0.3, 0.4) is 0 Å². The molecule has 3 atom stereocenters. The van der Waals surface area contributed by atoms with E-state index in [9.17, 15) is 0 Å². The summed E-state index contributed by atoms with van der Waals surface area (Å²) >= 11 is 0. The van der Waals surface area contributed by atoms with E-state index in [1.54, 1.807) is 0 Å². The summed E-state index contributed by atoms with van der Waals surface area (Å²) in [5.74, 6) is 1.56. The fourth-order valence-corrected chi connectivity index (χ4v) is 3.26. The van der Waals surface area contributed by atoms with Crippen molar-refractivity contribution in [2.24, 2.45) is 17.3 Å². The van der Waals surface area contributed by atoms with Crippen LogP contribution >= 0.6 is 0 Å². The van der Waals surface area contributed by atoms with E-state index in [-0.39, 0.29) is 0 Å². The third-order valence-electron chi connectivity index (χ3n) is 4.60. The zero-order valence-electron chi connectivity index (χ0n) is 14.3. The lowest BCUT2D eigenvalue weighted by atomic mass is 9.83. The average Bonchev–Trinajstić information content (AvgIpc) is 2.27. The maximum atomic E-state index is 3.78. The van der Waals surface area contributed by atoms with E-state index in [2.05, 4.69) is 58.7 Å². The minimum Gasteiger partial charge on any atom is -0.311 e. The first-order valence-corrected chi connectivity index (χ1v) is 8.23. The molecule has 2 nitrogen and oxygen atoms in total. The molecule has 0 radical (unpaired) electrons. The van der Waals surface area contributed by atoms with Gasteiger partial charge in [-0.1, -0.05) is 54.9 Å². The van der Waals surface area contributed by atoms with E-state index in [0.29, 0.717) is 17.5 Å². The third-order valence-corrected chi connectivity index (χ3v) is 4.60. The van der Waals surface area contributed by atoms with Gasteiger partial charge in [0.25, 0.3) is 0 Å². The minimum atomic E-state index is 0.355. The smallest absolute Gasteiger partial charge is 0.0244 e. The van der Waals surface area contributed by atoms with E-state index in [4.69, 9.17) is 0 Å². The topological polar surface area (TPSA) is 15.3 Å². The predicted molar refractivity (Wildman–Crippen MR) is 85.5 cm³/mol. The van der Waals surface area contributed by atoms with Crippen molar-refractivity contribution in [3.05, 3.63) is 0 Å². The average molecular weight is 268 g/mol. The second-order valence-electron chi connectivity index (χ2n) is 7.99. The van der Waals surface area contributed by atoms with E-state index in [0.717, 1.165) is 18.4 Å². The van der Waals surface area contributed by atoms with Crippen LogP contribution in [0.5, 0.6) is 0 Å². The number of nitrogens with zero attached hydrogens (tertiary/aromatic N) is 1. The molecule has 19 heavy (non-hydrogen) atoms. The Bertz CT molecular complexity index is 254. The number of hydrogen-bond donors (Lipinski definition) is 1. The van der Waals surface area contributed by atoms with Crippen LogP contribution in [0.25, 0.3) is 0 Å². The highest BCUT2D eigenvalue weighted by Crippen LogP contribution is 2.26. The molecule has 0 aromatic heterocycles. The van der Waals surface area contributed by atoms with Crippen LogP contribution in [-0.4, -0.2) is 36.6 Å². The minimum absolute atomic E-state index is 0.355. The van der Waals surface area contributed by atoms with Crippen LogP contribution in [0.4, 0.5) is 0 Å². The lowest BCUT2D eigenvalue weighted by Gasteiger charge is -2.47. The van der Waals surface area contributed by atoms with Crippen molar-refractivity contribution in [3.8, 4) is 0 Å². The first-order valence-electron chi connectivity index (χ1n) is 8.23. The molecule has 1 aliphatic rings. The molecule has 0 aromatic rings. The molecule has 2 heteroatoms. The van der Waals surface area contributed by atoms with Gasteiger partial charge in [-0.2, -0.15) is 0 Å². The fraction of sp³-hybridized carbons (Fsp3) is 1.00. The van der Waals surface area contributed by atoms with Crippen molar-refractivity contribution < 1.29 is 0 Å². The number of nitrogens with one attached hydrogen (secondary N) is 1. The summed E-state index contributed by atoms with van der Waals surface area (Å²) in [6.45, 7) is 20.1. The summed E-state index contributed by atoms with van der Waals surface area (Å²) < 4.78 is 0. The van der Waals surface area contributed by atoms with Crippen LogP contribution in [0.2, 0.25) is 0 Å². The summed E-state index contributed by atoms with van der Waals surface area (Å²) in [5.41, 5.74) is 0.355. The second kappa shape index (κ2) is 7.08. The van der Waals surface area contributed by atoms with Crippen molar-refractivity contribution in [2.75, 3.05) is 19.6 Å². The van der Waals surface area contributed by atoms with Gasteiger partial charge in [0.2, 0.25) is 0 Å². The van der Waals surface area contributed by atoms with Crippen molar-refractivity contribution >= 4 is 0 Å². The Balaban J connectivity index is 2.68. The summed E-state index contributed by atoms with van der Waals surface area (Å²) in [5, 5.41) is 3.78. The normalized spacial score (nSPS) is 27.8. The van der Waals surface area contributed by atoms with Gasteiger partial charge >= 0.3 is 0 Å². The molecule has 3 unspecified atom stereocenters. The summed E-state index contributed by atoms with van der Waals surface area (Å²) in [6, 6.07) is 1.33. The molecule has 0 bridgehead atoms. The molecular formula is C17H36N2. The Morgan fingerprint density at radius 1 is 1.21 bits per heavy atom. The Morgan fingerprint density at radius 2 is 1.84 bits per heavy atom.